The van der Waals surface area contributed by atoms with E-state index in [0.29, 0.717) is 10.0 Å². The van der Waals surface area contributed by atoms with Crippen LogP contribution in [0.1, 0.15) is 0 Å². The van der Waals surface area contributed by atoms with E-state index in [9.17, 15) is 0 Å². The van der Waals surface area contributed by atoms with E-state index >= 15 is 0 Å². The zero-order chi connectivity index (χ0) is 13.9. The third kappa shape index (κ3) is 1.73. The molecule has 2 aromatic heterocycles. The van der Waals surface area contributed by atoms with Crippen LogP contribution in [-0.4, -0.2) is 4.98 Å². The molecular weight excluding hydrogens is 333 g/mol. The van der Waals surface area contributed by atoms with Gasteiger partial charge in [-0.15, -0.1) is 11.3 Å². The zero-order valence-electron chi connectivity index (χ0n) is 9.95. The normalized spacial score (nSPS) is 11.8. The van der Waals surface area contributed by atoms with Gasteiger partial charge in [-0.2, -0.15) is 0 Å². The highest BCUT2D eigenvalue weighted by Gasteiger charge is 2.15. The Balaban J connectivity index is 2.31. The maximum absolute atomic E-state index is 6.53. The Hall–Kier alpha value is -1.06. The molecule has 0 bridgehead atoms. The van der Waals surface area contributed by atoms with E-state index in [2.05, 4.69) is 0 Å². The number of hydrogen-bond donors (Lipinski definition) is 0. The first-order valence-corrected chi connectivity index (χ1v) is 7.85. The first kappa shape index (κ1) is 12.7. The van der Waals surface area contributed by atoms with E-state index in [1.54, 1.807) is 17.4 Å². The van der Waals surface area contributed by atoms with Gasteiger partial charge >= 0.3 is 0 Å². The highest BCUT2D eigenvalue weighted by atomic mass is 35.5. The highest BCUT2D eigenvalue weighted by molar-refractivity contribution is 7.27. The Morgan fingerprint density at radius 3 is 2.55 bits per heavy atom. The third-order valence-electron chi connectivity index (χ3n) is 3.25. The maximum atomic E-state index is 6.53. The quantitative estimate of drug-likeness (QED) is 0.353. The molecule has 0 atom stereocenters. The number of rotatable bonds is 0. The lowest BCUT2D eigenvalue weighted by atomic mass is 10.2. The van der Waals surface area contributed by atoms with Crippen molar-refractivity contribution in [2.45, 2.75) is 0 Å². The number of nitrogens with zero attached hydrogens (tertiary/aromatic N) is 1. The van der Waals surface area contributed by atoms with Crippen LogP contribution in [0.4, 0.5) is 0 Å². The number of halogens is 3. The topological polar surface area (TPSA) is 12.9 Å². The lowest BCUT2D eigenvalue weighted by molar-refractivity contribution is 1.53. The summed E-state index contributed by atoms with van der Waals surface area (Å²) in [5.74, 6) is 0. The van der Waals surface area contributed by atoms with Gasteiger partial charge in [0, 0.05) is 15.8 Å². The largest absolute Gasteiger partial charge is 0.246 e. The molecular formula is C15H6Cl3NS. The summed E-state index contributed by atoms with van der Waals surface area (Å²) in [5, 5.41) is 3.87. The summed E-state index contributed by atoms with van der Waals surface area (Å²) in [6.45, 7) is 0. The minimum absolute atomic E-state index is 0.605. The third-order valence-corrected chi connectivity index (χ3v) is 5.63. The molecule has 4 aromatic rings. The minimum atomic E-state index is 0.605. The van der Waals surface area contributed by atoms with Crippen molar-refractivity contribution >= 4 is 77.3 Å². The van der Waals surface area contributed by atoms with Crippen LogP contribution in [0.5, 0.6) is 0 Å². The number of fused-ring (bicyclic) bond motifs is 4. The van der Waals surface area contributed by atoms with Crippen molar-refractivity contribution in [1.29, 1.82) is 0 Å². The molecule has 0 amide bonds. The van der Waals surface area contributed by atoms with Crippen molar-refractivity contribution in [3.05, 3.63) is 51.5 Å². The zero-order valence-corrected chi connectivity index (χ0v) is 13.0. The fourth-order valence-electron chi connectivity index (χ4n) is 2.37. The van der Waals surface area contributed by atoms with E-state index in [1.807, 2.05) is 30.3 Å². The fraction of sp³-hybridized carbons (Fsp3) is 0. The van der Waals surface area contributed by atoms with Gasteiger partial charge in [0.2, 0.25) is 0 Å². The second-order valence-corrected chi connectivity index (χ2v) is 6.73. The van der Waals surface area contributed by atoms with Gasteiger partial charge in [0.1, 0.15) is 0 Å². The first-order chi connectivity index (χ1) is 9.65. The van der Waals surface area contributed by atoms with Crippen LogP contribution >= 0.6 is 46.1 Å². The molecule has 0 spiro atoms. The number of aromatic nitrogens is 1. The van der Waals surface area contributed by atoms with E-state index < -0.39 is 0 Å². The van der Waals surface area contributed by atoms with Crippen molar-refractivity contribution in [2.75, 3.05) is 0 Å². The van der Waals surface area contributed by atoms with Gasteiger partial charge in [-0.25, -0.2) is 4.98 Å². The average molecular weight is 339 g/mol. The van der Waals surface area contributed by atoms with E-state index in [4.69, 9.17) is 39.8 Å². The molecule has 0 aliphatic carbocycles. The number of para-hydroxylation sites is 1. The van der Waals surface area contributed by atoms with Crippen molar-refractivity contribution in [1.82, 2.24) is 4.98 Å². The van der Waals surface area contributed by atoms with Crippen LogP contribution in [0.3, 0.4) is 0 Å². The van der Waals surface area contributed by atoms with Crippen molar-refractivity contribution in [3.8, 4) is 0 Å². The van der Waals surface area contributed by atoms with Crippen LogP contribution in [0.25, 0.3) is 31.2 Å². The SMILES string of the molecule is Clc1cc(Cl)c2sc3c(Cl)c4ccccc4nc3c2c1. The molecule has 0 radical (unpaired) electrons. The molecule has 0 fully saturated rings. The average Bonchev–Trinajstić information content (AvgIpc) is 2.79. The predicted octanol–water partition coefficient (Wildman–Crippen LogP) is 6.56. The number of thiophene rings is 1. The minimum Gasteiger partial charge on any atom is -0.246 e. The van der Waals surface area contributed by atoms with Gasteiger partial charge in [0.05, 0.1) is 30.5 Å². The summed E-state index contributed by atoms with van der Waals surface area (Å²) >= 11 is 20.5. The van der Waals surface area contributed by atoms with Crippen molar-refractivity contribution in [2.24, 2.45) is 0 Å². The molecule has 1 nitrogen and oxygen atoms in total. The molecule has 5 heteroatoms. The van der Waals surface area contributed by atoms with Gasteiger partial charge in [0.15, 0.2) is 0 Å². The summed E-state index contributed by atoms with van der Waals surface area (Å²) in [6, 6.07) is 11.5. The fourth-order valence-corrected chi connectivity index (χ4v) is 4.42. The molecule has 0 saturated heterocycles. The molecule has 0 aliphatic rings. The summed E-state index contributed by atoms with van der Waals surface area (Å²) in [5.41, 5.74) is 1.74. The van der Waals surface area contributed by atoms with Crippen molar-refractivity contribution in [3.63, 3.8) is 0 Å². The molecule has 0 aliphatic heterocycles. The lowest BCUT2D eigenvalue weighted by Gasteiger charge is -2.01. The van der Waals surface area contributed by atoms with Crippen LogP contribution in [0.15, 0.2) is 36.4 Å². The van der Waals surface area contributed by atoms with Crippen LogP contribution < -0.4 is 0 Å². The second kappa shape index (κ2) is 4.47. The summed E-state index contributed by atoms with van der Waals surface area (Å²) < 4.78 is 1.92. The Morgan fingerprint density at radius 1 is 0.900 bits per heavy atom. The Bertz CT molecular complexity index is 991. The predicted molar refractivity (Wildman–Crippen MR) is 89.7 cm³/mol. The molecule has 98 valence electrons. The molecule has 4 rings (SSSR count). The summed E-state index contributed by atoms with van der Waals surface area (Å²) in [6.07, 6.45) is 0. The standard InChI is InChI=1S/C15H6Cl3NS/c16-7-5-9-13-15(20-14(9)10(17)6-7)12(18)8-3-1-2-4-11(8)19-13/h1-6H. The molecule has 0 unspecified atom stereocenters. The monoisotopic (exact) mass is 337 g/mol. The van der Waals surface area contributed by atoms with Crippen LogP contribution in [0.2, 0.25) is 15.1 Å². The van der Waals surface area contributed by atoms with Gasteiger partial charge in [-0.3, -0.25) is 0 Å². The number of benzene rings is 2. The molecule has 0 N–H and O–H groups in total. The molecule has 20 heavy (non-hydrogen) atoms. The molecule has 2 heterocycles. The van der Waals surface area contributed by atoms with E-state index in [-0.39, 0.29) is 0 Å². The van der Waals surface area contributed by atoms with Gasteiger partial charge in [0.25, 0.3) is 0 Å². The van der Waals surface area contributed by atoms with Gasteiger partial charge < -0.3 is 0 Å². The van der Waals surface area contributed by atoms with Crippen LogP contribution in [0, 0.1) is 0 Å². The maximum Gasteiger partial charge on any atom is 0.0912 e. The van der Waals surface area contributed by atoms with E-state index in [0.717, 1.165) is 36.2 Å². The first-order valence-electron chi connectivity index (χ1n) is 5.90. The highest BCUT2D eigenvalue weighted by Crippen LogP contribution is 2.43. The Labute approximate surface area is 133 Å². The second-order valence-electron chi connectivity index (χ2n) is 4.49. The van der Waals surface area contributed by atoms with E-state index in [1.165, 1.54) is 0 Å². The molecule has 2 aromatic carbocycles. The Kier molecular flexibility index (Phi) is 2.83. The van der Waals surface area contributed by atoms with Gasteiger partial charge in [-0.05, 0) is 18.2 Å². The summed E-state index contributed by atoms with van der Waals surface area (Å²) in [7, 11) is 0. The number of hydrogen-bond acceptors (Lipinski definition) is 2. The van der Waals surface area contributed by atoms with Crippen LogP contribution in [-0.2, 0) is 0 Å². The Morgan fingerprint density at radius 2 is 1.70 bits per heavy atom. The molecule has 0 saturated carbocycles. The number of pyridine rings is 1. The summed E-state index contributed by atoms with van der Waals surface area (Å²) in [4.78, 5) is 4.72. The van der Waals surface area contributed by atoms with Crippen molar-refractivity contribution < 1.29 is 0 Å². The lowest BCUT2D eigenvalue weighted by Crippen LogP contribution is -1.81. The van der Waals surface area contributed by atoms with Gasteiger partial charge in [-0.1, -0.05) is 53.0 Å². The smallest absolute Gasteiger partial charge is 0.0912 e.